The van der Waals surface area contributed by atoms with Gasteiger partial charge < -0.3 is 35.9 Å². The van der Waals surface area contributed by atoms with Crippen LogP contribution in [0.25, 0.3) is 22.3 Å². The van der Waals surface area contributed by atoms with Crippen LogP contribution < -0.4 is 21.3 Å². The van der Waals surface area contributed by atoms with Crippen molar-refractivity contribution in [1.82, 2.24) is 44.1 Å². The number of nitrogens with zero attached hydrogens (tertiary/aromatic N) is 8. The predicted molar refractivity (Wildman–Crippen MR) is 238 cm³/mol. The quantitative estimate of drug-likeness (QED) is 0.0613. The second-order valence-electron chi connectivity index (χ2n) is 17.0. The number of hydrogen-bond acceptors (Lipinski definition) is 22. The Morgan fingerprint density at radius 2 is 1.72 bits per heavy atom. The summed E-state index contributed by atoms with van der Waals surface area (Å²) in [4.78, 5) is 38.7. The van der Waals surface area contributed by atoms with E-state index in [2.05, 4.69) is 35.0 Å². The van der Waals surface area contributed by atoms with Crippen LogP contribution in [0.15, 0.2) is 43.0 Å². The number of rotatable bonds is 18. The number of aromatic nitrogens is 8. The van der Waals surface area contributed by atoms with Gasteiger partial charge in [-0.1, -0.05) is 42.1 Å². The van der Waals surface area contributed by atoms with Crippen LogP contribution in [0.5, 0.6) is 5.88 Å². The fourth-order valence-corrected chi connectivity index (χ4v) is 11.6. The number of aliphatic hydroxyl groups is 2. The van der Waals surface area contributed by atoms with E-state index < -0.39 is 87.5 Å². The lowest BCUT2D eigenvalue weighted by Gasteiger charge is -2.35. The molecule has 28 heteroatoms. The number of thioether (sulfide) groups is 1. The number of alkyl halides is 1. The highest BCUT2D eigenvalue weighted by molar-refractivity contribution is 8.13. The highest BCUT2D eigenvalue weighted by atomic mass is 32.2. The number of benzene rings is 1. The minimum atomic E-state index is -4.35. The fraction of sp³-hybridized carbons (Fsp3) is 0.564. The third kappa shape index (κ3) is 9.96. The maximum absolute atomic E-state index is 16.4. The molecule has 0 radical (unpaired) electrons. The number of nitrogens with one attached hydrogen (secondary N) is 1. The molecule has 0 saturated carbocycles. The van der Waals surface area contributed by atoms with Crippen molar-refractivity contribution < 1.29 is 65.4 Å². The van der Waals surface area contributed by atoms with Crippen LogP contribution in [0.2, 0.25) is 0 Å². The number of halogens is 1. The van der Waals surface area contributed by atoms with E-state index in [4.69, 9.17) is 48.3 Å². The zero-order chi connectivity index (χ0) is 48.1. The molecule has 67 heavy (non-hydrogen) atoms. The topological polar surface area (TPSA) is 317 Å². The molecule has 10 atom stereocenters. The lowest BCUT2D eigenvalue weighted by Crippen LogP contribution is -2.47. The second kappa shape index (κ2) is 18.9. The number of phosphoric acid groups is 1. The smallest absolute Gasteiger partial charge is 0.475 e. The van der Waals surface area contributed by atoms with E-state index in [1.807, 2.05) is 6.07 Å². The van der Waals surface area contributed by atoms with Crippen molar-refractivity contribution in [2.24, 2.45) is 5.41 Å². The summed E-state index contributed by atoms with van der Waals surface area (Å²) in [7, 11) is -8.60. The average Bonchev–Trinajstić information content (AvgIpc) is 4.01. The molecule has 0 spiro atoms. The van der Waals surface area contributed by atoms with Crippen molar-refractivity contribution in [3.05, 3.63) is 54.2 Å². The van der Waals surface area contributed by atoms with Gasteiger partial charge in [-0.15, -0.1) is 0 Å². The van der Waals surface area contributed by atoms with Gasteiger partial charge >= 0.3 is 15.6 Å². The fourth-order valence-electron chi connectivity index (χ4n) is 7.73. The summed E-state index contributed by atoms with van der Waals surface area (Å²) in [6.45, 7) is 7.93. The minimum absolute atomic E-state index is 0.00346. The molecule has 3 aliphatic heterocycles. The number of carbonyl (C=O) groups excluding carboxylic acids is 1. The summed E-state index contributed by atoms with van der Waals surface area (Å²) in [6.07, 6.45) is -5.05. The Bertz CT molecular complexity index is 2720. The summed E-state index contributed by atoms with van der Waals surface area (Å²) in [6, 6.07) is 8.97. The number of aryl methyl sites for hydroxylation is 1. The number of phosphoric ester groups is 1. The maximum atomic E-state index is 16.4. The van der Waals surface area contributed by atoms with Crippen molar-refractivity contribution in [2.75, 3.05) is 50.3 Å². The first kappa shape index (κ1) is 49.2. The number of carbonyl (C=O) groups is 1. The van der Waals surface area contributed by atoms with Crippen molar-refractivity contribution in [3.63, 3.8) is 0 Å². The van der Waals surface area contributed by atoms with Crippen molar-refractivity contribution >= 4 is 66.7 Å². The highest BCUT2D eigenvalue weighted by Crippen LogP contribution is 2.59. The van der Waals surface area contributed by atoms with Gasteiger partial charge in [-0.3, -0.25) is 36.5 Å². The van der Waals surface area contributed by atoms with E-state index in [0.29, 0.717) is 16.9 Å². The van der Waals surface area contributed by atoms with E-state index in [9.17, 15) is 24.1 Å². The molecule has 24 nitrogen and oxygen atoms in total. The normalized spacial score (nSPS) is 29.6. The molecule has 7 N–H and O–H groups in total. The van der Waals surface area contributed by atoms with Gasteiger partial charge in [-0.05, 0) is 47.1 Å². The minimum Gasteiger partial charge on any atom is -0.476 e. The Morgan fingerprint density at radius 3 is 2.43 bits per heavy atom. The van der Waals surface area contributed by atoms with Crippen molar-refractivity contribution in [2.45, 2.75) is 96.2 Å². The Morgan fingerprint density at radius 1 is 1.04 bits per heavy atom. The van der Waals surface area contributed by atoms with E-state index in [0.717, 1.165) is 24.2 Å². The number of nitrogen functional groups attached to an aromatic ring is 2. The molecule has 364 valence electrons. The second-order valence-corrected chi connectivity index (χ2v) is 21.5. The molecule has 8 rings (SSSR count). The largest absolute Gasteiger partial charge is 0.476 e. The van der Waals surface area contributed by atoms with Crippen LogP contribution in [0, 0.1) is 12.3 Å². The van der Waals surface area contributed by atoms with Crippen molar-refractivity contribution in [3.8, 4) is 5.88 Å². The van der Waals surface area contributed by atoms with Gasteiger partial charge in [-0.25, -0.2) is 33.6 Å². The molecular weight excluding hydrogens is 944 g/mol. The number of nitrogens with two attached hydrogens (primary N) is 2. The Hall–Kier alpha value is -4.27. The first-order chi connectivity index (χ1) is 31.6. The summed E-state index contributed by atoms with van der Waals surface area (Å²) in [5, 5.41) is 25.2. The van der Waals surface area contributed by atoms with Gasteiger partial charge in [0.15, 0.2) is 40.1 Å². The summed E-state index contributed by atoms with van der Waals surface area (Å²) >= 11 is 0.830. The summed E-state index contributed by atoms with van der Waals surface area (Å²) in [5.74, 6) is -0.0809. The monoisotopic (exact) mass is 995 g/mol. The van der Waals surface area contributed by atoms with Crippen LogP contribution in [-0.4, -0.2) is 129 Å². The number of hydrogen-bond donors (Lipinski definition) is 5. The zero-order valence-corrected chi connectivity index (χ0v) is 39.9. The van der Waals surface area contributed by atoms with Gasteiger partial charge in [0.2, 0.25) is 17.8 Å². The maximum Gasteiger partial charge on any atom is 0.475 e. The molecule has 0 bridgehead atoms. The molecule has 7 heterocycles. The molecule has 3 fully saturated rings. The summed E-state index contributed by atoms with van der Waals surface area (Å²) in [5.41, 5.74) is 8.62. The lowest BCUT2D eigenvalue weighted by atomic mass is 9.96. The Kier molecular flexibility index (Phi) is 13.9. The SMILES string of the molecule is CCOc1nc(N)nc2c1ncn2[C@@H]1O[C@H](COP(=O)(NCc2ccccc2)OCCSC(=O)C(C)(C)COP2(=O)OC[C@H]3O[C@@H](n4cnc5c(C)nc(N)nc54)[C@](C)(O)[C@@H]3O2)[C@@H](O)[C@@]1(C)F. The number of anilines is 2. The molecule has 5 aromatic rings. The van der Waals surface area contributed by atoms with E-state index >= 15 is 4.39 Å². The summed E-state index contributed by atoms with van der Waals surface area (Å²) < 4.78 is 93.3. The Labute approximate surface area is 387 Å². The molecule has 4 aromatic heterocycles. The first-order valence-electron chi connectivity index (χ1n) is 21.1. The van der Waals surface area contributed by atoms with E-state index in [1.165, 1.54) is 28.7 Å². The number of imidazole rings is 2. The molecule has 2 unspecified atom stereocenters. The van der Waals surface area contributed by atoms with E-state index in [-0.39, 0.29) is 61.1 Å². The molecule has 0 aliphatic carbocycles. The average molecular weight is 996 g/mol. The van der Waals surface area contributed by atoms with Gasteiger partial charge in [0.1, 0.15) is 35.5 Å². The van der Waals surface area contributed by atoms with Crippen LogP contribution in [-0.2, 0) is 52.6 Å². The number of aliphatic hydroxyl groups excluding tert-OH is 1. The molecule has 0 amide bonds. The van der Waals surface area contributed by atoms with Crippen molar-refractivity contribution in [1.29, 1.82) is 0 Å². The third-order valence-corrected chi connectivity index (χ3v) is 15.5. The van der Waals surface area contributed by atoms with Crippen LogP contribution in [0.3, 0.4) is 0 Å². The Balaban J connectivity index is 0.868. The van der Waals surface area contributed by atoms with E-state index in [1.54, 1.807) is 52.0 Å². The molecule has 1 aromatic carbocycles. The standard InChI is InChI=1S/C39H52FN11O13P2S/c1-7-57-31-26-30(48-36(42)49-31)50(20-44-26)32-38(5,40)27(52)23(62-32)16-59-65(55,45-15-22-11-9-8-10-12-22)58-13-14-67-34(53)37(3,4)18-61-66(56)60-17-24-28(64-66)39(6,54)33(63-24)51-19-43-25-21(2)46-35(41)47-29(25)51/h8-12,19-20,23-24,27-28,32-33,52,54H,7,13-18H2,1-6H3,(H,45,55)(H2,41,46,47)(H2,42,48,49)/t23-,24-,27-,28-,32-,33-,38-,39-,65?,66?/m1/s1. The first-order valence-corrected chi connectivity index (χ1v) is 25.1. The zero-order valence-electron chi connectivity index (χ0n) is 37.3. The molecule has 3 saturated heterocycles. The van der Waals surface area contributed by atoms with Gasteiger partial charge in [0.05, 0.1) is 56.8 Å². The molecule has 3 aliphatic rings. The van der Waals surface area contributed by atoms with Gasteiger partial charge in [0, 0.05) is 12.3 Å². The van der Waals surface area contributed by atoms with Gasteiger partial charge in [-0.2, -0.15) is 15.0 Å². The van der Waals surface area contributed by atoms with Crippen LogP contribution >= 0.6 is 27.3 Å². The molecular formula is C39H52FN11O13P2S. The number of fused-ring (bicyclic) bond motifs is 3. The third-order valence-electron chi connectivity index (χ3n) is 11.3. The lowest BCUT2D eigenvalue weighted by molar-refractivity contribution is -0.120. The van der Waals surface area contributed by atoms with Gasteiger partial charge in [0.25, 0.3) is 0 Å². The number of ether oxygens (including phenoxy) is 3. The van der Waals surface area contributed by atoms with Crippen LogP contribution in [0.1, 0.15) is 58.3 Å². The van der Waals surface area contributed by atoms with Crippen LogP contribution in [0.4, 0.5) is 16.3 Å². The highest BCUT2D eigenvalue weighted by Gasteiger charge is 2.61. The predicted octanol–water partition coefficient (Wildman–Crippen LogP) is 3.93.